The monoisotopic (exact) mass is 230 g/mol. The SMILES string of the molecule is Fc1ccc(-c2n[nH]c3ccccc23)c(F)c1. The van der Waals surface area contributed by atoms with E-state index in [9.17, 15) is 8.78 Å². The van der Waals surface area contributed by atoms with Crippen LogP contribution in [0.4, 0.5) is 8.78 Å². The predicted octanol–water partition coefficient (Wildman–Crippen LogP) is 3.51. The molecular weight excluding hydrogens is 222 g/mol. The number of hydrogen-bond donors (Lipinski definition) is 1. The molecule has 84 valence electrons. The summed E-state index contributed by atoms with van der Waals surface area (Å²) in [5.41, 5.74) is 1.62. The van der Waals surface area contributed by atoms with Gasteiger partial charge in [-0.3, -0.25) is 5.10 Å². The molecule has 0 aliphatic carbocycles. The highest BCUT2D eigenvalue weighted by Gasteiger charge is 2.12. The number of hydrogen-bond acceptors (Lipinski definition) is 1. The minimum absolute atomic E-state index is 0.295. The summed E-state index contributed by atoms with van der Waals surface area (Å²) in [4.78, 5) is 0. The second-order valence-electron chi connectivity index (χ2n) is 3.74. The molecule has 0 aliphatic rings. The number of benzene rings is 2. The molecule has 1 N–H and O–H groups in total. The standard InChI is InChI=1S/C13H8F2N2/c14-8-5-6-9(11(15)7-8)13-10-3-1-2-4-12(10)16-17-13/h1-7H,(H,16,17). The maximum absolute atomic E-state index is 13.6. The molecule has 0 radical (unpaired) electrons. The molecule has 0 saturated heterocycles. The number of rotatable bonds is 1. The van der Waals surface area contributed by atoms with Crippen LogP contribution in [0, 0.1) is 11.6 Å². The van der Waals surface area contributed by atoms with Gasteiger partial charge in [-0.2, -0.15) is 5.10 Å². The van der Waals surface area contributed by atoms with Gasteiger partial charge in [-0.1, -0.05) is 18.2 Å². The van der Waals surface area contributed by atoms with Crippen LogP contribution in [0.1, 0.15) is 0 Å². The summed E-state index contributed by atoms with van der Waals surface area (Å²) < 4.78 is 26.5. The van der Waals surface area contributed by atoms with Crippen molar-refractivity contribution in [3.05, 3.63) is 54.1 Å². The van der Waals surface area contributed by atoms with Gasteiger partial charge in [0, 0.05) is 17.0 Å². The first-order valence-corrected chi connectivity index (χ1v) is 5.14. The van der Waals surface area contributed by atoms with Gasteiger partial charge in [0.05, 0.1) is 5.52 Å². The molecule has 4 heteroatoms. The summed E-state index contributed by atoms with van der Waals surface area (Å²) >= 11 is 0. The quantitative estimate of drug-likeness (QED) is 0.680. The first-order valence-electron chi connectivity index (χ1n) is 5.14. The summed E-state index contributed by atoms with van der Waals surface area (Å²) in [5.74, 6) is -1.20. The lowest BCUT2D eigenvalue weighted by Crippen LogP contribution is -1.87. The molecule has 2 nitrogen and oxygen atoms in total. The molecular formula is C13H8F2N2. The summed E-state index contributed by atoms with van der Waals surface area (Å²) in [6, 6.07) is 10.9. The zero-order chi connectivity index (χ0) is 11.8. The van der Waals surface area contributed by atoms with Crippen LogP contribution in [0.15, 0.2) is 42.5 Å². The molecule has 0 bridgehead atoms. The Bertz CT molecular complexity index is 689. The third-order valence-corrected chi connectivity index (χ3v) is 2.66. The predicted molar refractivity (Wildman–Crippen MR) is 61.4 cm³/mol. The van der Waals surface area contributed by atoms with E-state index < -0.39 is 11.6 Å². The first kappa shape index (κ1) is 9.96. The van der Waals surface area contributed by atoms with E-state index in [2.05, 4.69) is 10.2 Å². The van der Waals surface area contributed by atoms with E-state index in [0.29, 0.717) is 11.3 Å². The average Bonchev–Trinajstić information content (AvgIpc) is 2.73. The lowest BCUT2D eigenvalue weighted by Gasteiger charge is -2.00. The van der Waals surface area contributed by atoms with Gasteiger partial charge in [-0.15, -0.1) is 0 Å². The Hall–Kier alpha value is -2.23. The second-order valence-corrected chi connectivity index (χ2v) is 3.74. The highest BCUT2D eigenvalue weighted by molar-refractivity contribution is 5.92. The Morgan fingerprint density at radius 3 is 2.65 bits per heavy atom. The van der Waals surface area contributed by atoms with E-state index in [-0.39, 0.29) is 0 Å². The largest absolute Gasteiger partial charge is 0.277 e. The lowest BCUT2D eigenvalue weighted by atomic mass is 10.1. The average molecular weight is 230 g/mol. The molecule has 3 aromatic rings. The van der Waals surface area contributed by atoms with Gasteiger partial charge in [0.2, 0.25) is 0 Å². The third kappa shape index (κ3) is 1.58. The number of nitrogens with zero attached hydrogens (tertiary/aromatic N) is 1. The molecule has 0 amide bonds. The van der Waals surface area contributed by atoms with Gasteiger partial charge in [0.1, 0.15) is 17.3 Å². The molecule has 17 heavy (non-hydrogen) atoms. The fraction of sp³-hybridized carbons (Fsp3) is 0. The fourth-order valence-corrected chi connectivity index (χ4v) is 1.85. The van der Waals surface area contributed by atoms with Crippen molar-refractivity contribution in [3.63, 3.8) is 0 Å². The van der Waals surface area contributed by atoms with E-state index in [4.69, 9.17) is 0 Å². The van der Waals surface area contributed by atoms with Crippen molar-refractivity contribution in [2.75, 3.05) is 0 Å². The van der Waals surface area contributed by atoms with Crippen molar-refractivity contribution in [2.45, 2.75) is 0 Å². The van der Waals surface area contributed by atoms with Gasteiger partial charge in [0.15, 0.2) is 0 Å². The van der Waals surface area contributed by atoms with Gasteiger partial charge >= 0.3 is 0 Å². The normalized spacial score (nSPS) is 10.9. The van der Waals surface area contributed by atoms with Crippen molar-refractivity contribution >= 4 is 10.9 Å². The minimum Gasteiger partial charge on any atom is -0.277 e. The van der Waals surface area contributed by atoms with Crippen LogP contribution in [0.25, 0.3) is 22.2 Å². The zero-order valence-electron chi connectivity index (χ0n) is 8.74. The molecule has 0 unspecified atom stereocenters. The van der Waals surface area contributed by atoms with Crippen LogP contribution in [-0.2, 0) is 0 Å². The van der Waals surface area contributed by atoms with Crippen LogP contribution in [-0.4, -0.2) is 10.2 Å². The number of nitrogens with one attached hydrogen (secondary N) is 1. The van der Waals surface area contributed by atoms with E-state index in [0.717, 1.165) is 17.0 Å². The van der Waals surface area contributed by atoms with Crippen molar-refractivity contribution in [1.82, 2.24) is 10.2 Å². The first-order chi connectivity index (χ1) is 8.25. The third-order valence-electron chi connectivity index (χ3n) is 2.66. The van der Waals surface area contributed by atoms with Gasteiger partial charge in [-0.25, -0.2) is 8.78 Å². The van der Waals surface area contributed by atoms with E-state index >= 15 is 0 Å². The van der Waals surface area contributed by atoms with Crippen LogP contribution in [0.3, 0.4) is 0 Å². The smallest absolute Gasteiger partial charge is 0.135 e. The molecule has 1 heterocycles. The number of halogens is 2. The maximum Gasteiger partial charge on any atom is 0.135 e. The highest BCUT2D eigenvalue weighted by Crippen LogP contribution is 2.28. The Morgan fingerprint density at radius 1 is 1.00 bits per heavy atom. The van der Waals surface area contributed by atoms with Crippen LogP contribution >= 0.6 is 0 Å². The molecule has 0 spiro atoms. The second kappa shape index (κ2) is 3.66. The van der Waals surface area contributed by atoms with Gasteiger partial charge in [0.25, 0.3) is 0 Å². The molecule has 0 atom stereocenters. The molecule has 1 aromatic heterocycles. The Morgan fingerprint density at radius 2 is 1.82 bits per heavy atom. The van der Waals surface area contributed by atoms with E-state index in [1.165, 1.54) is 12.1 Å². The fourth-order valence-electron chi connectivity index (χ4n) is 1.85. The van der Waals surface area contributed by atoms with Crippen molar-refractivity contribution < 1.29 is 8.78 Å². The number of para-hydroxylation sites is 1. The Labute approximate surface area is 95.9 Å². The maximum atomic E-state index is 13.6. The Balaban J connectivity index is 2.27. The molecule has 0 fully saturated rings. The molecule has 0 aliphatic heterocycles. The summed E-state index contributed by atoms with van der Waals surface area (Å²) in [6.07, 6.45) is 0. The number of H-pyrrole nitrogens is 1. The number of aromatic nitrogens is 2. The number of fused-ring (bicyclic) bond motifs is 1. The van der Waals surface area contributed by atoms with Crippen LogP contribution in [0.5, 0.6) is 0 Å². The summed E-state index contributed by atoms with van der Waals surface area (Å²) in [5, 5.41) is 7.70. The molecule has 0 saturated carbocycles. The van der Waals surface area contributed by atoms with Crippen molar-refractivity contribution in [2.24, 2.45) is 0 Å². The topological polar surface area (TPSA) is 28.7 Å². The summed E-state index contributed by atoms with van der Waals surface area (Å²) in [6.45, 7) is 0. The highest BCUT2D eigenvalue weighted by atomic mass is 19.1. The van der Waals surface area contributed by atoms with Crippen LogP contribution in [0.2, 0.25) is 0 Å². The molecule has 3 rings (SSSR count). The minimum atomic E-state index is -0.609. The van der Waals surface area contributed by atoms with E-state index in [1.807, 2.05) is 24.3 Å². The van der Waals surface area contributed by atoms with E-state index in [1.54, 1.807) is 0 Å². The summed E-state index contributed by atoms with van der Waals surface area (Å²) in [7, 11) is 0. The van der Waals surface area contributed by atoms with Crippen LogP contribution < -0.4 is 0 Å². The van der Waals surface area contributed by atoms with Gasteiger partial charge in [-0.05, 0) is 18.2 Å². The zero-order valence-corrected chi connectivity index (χ0v) is 8.74. The lowest BCUT2D eigenvalue weighted by molar-refractivity contribution is 0.585. The number of aromatic amines is 1. The Kier molecular flexibility index (Phi) is 2.14. The van der Waals surface area contributed by atoms with Crippen molar-refractivity contribution in [3.8, 4) is 11.3 Å². The van der Waals surface area contributed by atoms with Crippen molar-refractivity contribution in [1.29, 1.82) is 0 Å². The van der Waals surface area contributed by atoms with Gasteiger partial charge < -0.3 is 0 Å². The molecule has 2 aromatic carbocycles.